The number of hydrogen-bond acceptors (Lipinski definition) is 5. The molecular formula is C22H33N3O5+2. The number of carbonyl (C=O) groups is 2. The molecule has 2 atom stereocenters. The topological polar surface area (TPSA) is 74.0 Å². The minimum absolute atomic E-state index is 0.0653. The number of piperidine rings is 1. The Balaban J connectivity index is 1.22. The molecule has 1 aromatic carbocycles. The molecule has 0 bridgehead atoms. The van der Waals surface area contributed by atoms with Crippen molar-refractivity contribution in [1.29, 1.82) is 0 Å². The van der Waals surface area contributed by atoms with Gasteiger partial charge in [-0.3, -0.25) is 9.59 Å². The Hall–Kier alpha value is -2.32. The van der Waals surface area contributed by atoms with E-state index in [0.29, 0.717) is 26.5 Å². The molecule has 1 amide bonds. The summed E-state index contributed by atoms with van der Waals surface area (Å²) in [6, 6.07) is 6.13. The van der Waals surface area contributed by atoms with Crippen molar-refractivity contribution in [2.45, 2.75) is 26.3 Å². The fourth-order valence-electron chi connectivity index (χ4n) is 4.69. The van der Waals surface area contributed by atoms with Crippen molar-refractivity contribution < 1.29 is 33.6 Å². The van der Waals surface area contributed by atoms with Crippen LogP contribution in [0.3, 0.4) is 0 Å². The lowest BCUT2D eigenvalue weighted by atomic mass is 9.98. The lowest BCUT2D eigenvalue weighted by molar-refractivity contribution is -0.918. The SMILES string of the molecule is CCOC(=O)[C@H]1CCC[NH+](CC(=O)N2CC[NH+](Cc3ccc4c(c3)OCO4)CC2)C1. The lowest BCUT2D eigenvalue weighted by Gasteiger charge is -2.34. The molecule has 164 valence electrons. The maximum atomic E-state index is 12.8. The van der Waals surface area contributed by atoms with E-state index in [1.165, 1.54) is 15.4 Å². The summed E-state index contributed by atoms with van der Waals surface area (Å²) in [6.45, 7) is 9.08. The molecule has 8 heteroatoms. The molecule has 8 nitrogen and oxygen atoms in total. The van der Waals surface area contributed by atoms with E-state index in [1.54, 1.807) is 0 Å². The van der Waals surface area contributed by atoms with Gasteiger partial charge in [-0.2, -0.15) is 0 Å². The van der Waals surface area contributed by atoms with Gasteiger partial charge in [-0.25, -0.2) is 0 Å². The van der Waals surface area contributed by atoms with Gasteiger partial charge >= 0.3 is 5.97 Å². The molecule has 2 fully saturated rings. The van der Waals surface area contributed by atoms with Crippen LogP contribution in [0.4, 0.5) is 0 Å². The predicted molar refractivity (Wildman–Crippen MR) is 108 cm³/mol. The zero-order valence-electron chi connectivity index (χ0n) is 17.8. The fourth-order valence-corrected chi connectivity index (χ4v) is 4.69. The first-order valence-electron chi connectivity index (χ1n) is 11.1. The van der Waals surface area contributed by atoms with E-state index in [1.807, 2.05) is 17.9 Å². The van der Waals surface area contributed by atoms with Crippen LogP contribution in [0.2, 0.25) is 0 Å². The molecule has 0 saturated carbocycles. The Labute approximate surface area is 177 Å². The van der Waals surface area contributed by atoms with Crippen LogP contribution in [-0.2, 0) is 20.9 Å². The van der Waals surface area contributed by atoms with Crippen molar-refractivity contribution in [2.75, 3.05) is 59.2 Å². The summed E-state index contributed by atoms with van der Waals surface area (Å²) < 4.78 is 16.0. The van der Waals surface area contributed by atoms with Crippen molar-refractivity contribution in [3.8, 4) is 11.5 Å². The van der Waals surface area contributed by atoms with Crippen LogP contribution >= 0.6 is 0 Å². The maximum Gasteiger partial charge on any atom is 0.314 e. The predicted octanol–water partition coefficient (Wildman–Crippen LogP) is -1.50. The van der Waals surface area contributed by atoms with E-state index in [4.69, 9.17) is 14.2 Å². The van der Waals surface area contributed by atoms with Crippen LogP contribution in [-0.4, -0.2) is 76.0 Å². The van der Waals surface area contributed by atoms with Crippen molar-refractivity contribution in [1.82, 2.24) is 4.90 Å². The number of piperazine rings is 1. The third-order valence-electron chi connectivity index (χ3n) is 6.35. The number of rotatable bonds is 6. The minimum Gasteiger partial charge on any atom is -0.466 e. The summed E-state index contributed by atoms with van der Waals surface area (Å²) in [5.41, 5.74) is 1.23. The van der Waals surface area contributed by atoms with Gasteiger partial charge in [0, 0.05) is 5.56 Å². The van der Waals surface area contributed by atoms with E-state index in [0.717, 1.165) is 63.6 Å². The molecule has 3 heterocycles. The second-order valence-electron chi connectivity index (χ2n) is 8.47. The number of nitrogens with one attached hydrogen (secondary N) is 2. The van der Waals surface area contributed by atoms with Gasteiger partial charge in [-0.05, 0) is 38.0 Å². The molecule has 1 unspecified atom stereocenters. The van der Waals surface area contributed by atoms with Crippen molar-refractivity contribution in [3.05, 3.63) is 23.8 Å². The van der Waals surface area contributed by atoms with E-state index < -0.39 is 0 Å². The van der Waals surface area contributed by atoms with Gasteiger partial charge in [-0.1, -0.05) is 0 Å². The second kappa shape index (κ2) is 9.66. The van der Waals surface area contributed by atoms with Gasteiger partial charge in [0.2, 0.25) is 6.79 Å². The maximum absolute atomic E-state index is 12.8. The van der Waals surface area contributed by atoms with Gasteiger partial charge in [-0.15, -0.1) is 0 Å². The molecule has 0 spiro atoms. The summed E-state index contributed by atoms with van der Waals surface area (Å²) in [6.07, 6.45) is 1.85. The highest BCUT2D eigenvalue weighted by Gasteiger charge is 2.33. The van der Waals surface area contributed by atoms with Crippen molar-refractivity contribution in [2.24, 2.45) is 5.92 Å². The molecule has 3 aliphatic rings. The number of likely N-dealkylation sites (tertiary alicyclic amines) is 1. The van der Waals surface area contributed by atoms with Crippen LogP contribution in [0.1, 0.15) is 25.3 Å². The number of quaternary nitrogens is 2. The minimum atomic E-state index is -0.108. The molecule has 0 aromatic heterocycles. The third kappa shape index (κ3) is 5.05. The Morgan fingerprint density at radius 1 is 1.13 bits per heavy atom. The summed E-state index contributed by atoms with van der Waals surface area (Å²) in [5, 5.41) is 0. The summed E-state index contributed by atoms with van der Waals surface area (Å²) in [7, 11) is 0. The number of carbonyl (C=O) groups excluding carboxylic acids is 2. The highest BCUT2D eigenvalue weighted by atomic mass is 16.7. The lowest BCUT2D eigenvalue weighted by Crippen LogP contribution is -3.15. The largest absolute Gasteiger partial charge is 0.466 e. The Morgan fingerprint density at radius 2 is 1.93 bits per heavy atom. The van der Waals surface area contributed by atoms with Gasteiger partial charge < -0.3 is 28.9 Å². The molecule has 4 rings (SSSR count). The summed E-state index contributed by atoms with van der Waals surface area (Å²) in [5.74, 6) is 1.67. The Morgan fingerprint density at radius 3 is 2.73 bits per heavy atom. The number of nitrogens with zero attached hydrogens (tertiary/aromatic N) is 1. The first kappa shape index (κ1) is 20.9. The number of amides is 1. The van der Waals surface area contributed by atoms with E-state index in [9.17, 15) is 9.59 Å². The Bertz CT molecular complexity index is 763. The van der Waals surface area contributed by atoms with Gasteiger partial charge in [0.25, 0.3) is 5.91 Å². The monoisotopic (exact) mass is 419 g/mol. The van der Waals surface area contributed by atoms with Crippen LogP contribution in [0.15, 0.2) is 18.2 Å². The van der Waals surface area contributed by atoms with Crippen LogP contribution in [0.5, 0.6) is 11.5 Å². The highest BCUT2D eigenvalue weighted by molar-refractivity contribution is 5.77. The third-order valence-corrected chi connectivity index (χ3v) is 6.35. The van der Waals surface area contributed by atoms with E-state index in [-0.39, 0.29) is 17.8 Å². The fraction of sp³-hybridized carbons (Fsp3) is 0.636. The summed E-state index contributed by atoms with van der Waals surface area (Å²) >= 11 is 0. The number of esters is 1. The van der Waals surface area contributed by atoms with E-state index in [2.05, 4.69) is 12.1 Å². The second-order valence-corrected chi connectivity index (χ2v) is 8.47. The Kier molecular flexibility index (Phi) is 6.74. The smallest absolute Gasteiger partial charge is 0.314 e. The molecular weight excluding hydrogens is 386 g/mol. The molecule has 0 aliphatic carbocycles. The zero-order valence-corrected chi connectivity index (χ0v) is 17.8. The normalized spacial score (nSPS) is 24.0. The van der Waals surface area contributed by atoms with Gasteiger partial charge in [0.05, 0.1) is 45.9 Å². The first-order chi connectivity index (χ1) is 14.6. The summed E-state index contributed by atoms with van der Waals surface area (Å²) in [4.78, 5) is 29.5. The average molecular weight is 420 g/mol. The molecule has 3 aliphatic heterocycles. The highest BCUT2D eigenvalue weighted by Crippen LogP contribution is 2.32. The van der Waals surface area contributed by atoms with Crippen molar-refractivity contribution in [3.63, 3.8) is 0 Å². The van der Waals surface area contributed by atoms with Crippen LogP contribution < -0.4 is 19.3 Å². The average Bonchev–Trinajstić information content (AvgIpc) is 3.22. The van der Waals surface area contributed by atoms with Crippen molar-refractivity contribution >= 4 is 11.9 Å². The molecule has 0 radical (unpaired) electrons. The van der Waals surface area contributed by atoms with Crippen LogP contribution in [0.25, 0.3) is 0 Å². The number of benzene rings is 1. The molecule has 2 N–H and O–H groups in total. The standard InChI is InChI=1S/C22H31N3O5/c1-2-28-22(27)18-4-3-7-24(14-18)15-21(26)25-10-8-23(9-11-25)13-17-5-6-19-20(12-17)30-16-29-19/h5-6,12,18H,2-4,7-11,13-16H2,1H3/p+2/t18-/m0/s1. The zero-order chi connectivity index (χ0) is 20.9. The molecule has 2 saturated heterocycles. The van der Waals surface area contributed by atoms with Crippen LogP contribution in [0, 0.1) is 5.92 Å². The first-order valence-corrected chi connectivity index (χ1v) is 11.1. The number of ether oxygens (including phenoxy) is 3. The number of fused-ring (bicyclic) bond motifs is 1. The molecule has 1 aromatic rings. The van der Waals surface area contributed by atoms with Gasteiger partial charge in [0.1, 0.15) is 12.5 Å². The number of hydrogen-bond donors (Lipinski definition) is 2. The van der Waals surface area contributed by atoms with E-state index >= 15 is 0 Å². The quantitative estimate of drug-likeness (QED) is 0.549. The molecule has 30 heavy (non-hydrogen) atoms. The van der Waals surface area contributed by atoms with Gasteiger partial charge in [0.15, 0.2) is 18.0 Å².